The van der Waals surface area contributed by atoms with Crippen molar-refractivity contribution in [2.24, 2.45) is 7.05 Å². The van der Waals surface area contributed by atoms with Crippen molar-refractivity contribution in [2.45, 2.75) is 12.5 Å². The van der Waals surface area contributed by atoms with Gasteiger partial charge in [0.15, 0.2) is 5.82 Å². The van der Waals surface area contributed by atoms with Crippen LogP contribution in [0.15, 0.2) is 67.6 Å². The van der Waals surface area contributed by atoms with Crippen molar-refractivity contribution >= 4 is 28.9 Å². The van der Waals surface area contributed by atoms with Gasteiger partial charge >= 0.3 is 0 Å². The van der Waals surface area contributed by atoms with Gasteiger partial charge in [-0.25, -0.2) is 19.5 Å². The van der Waals surface area contributed by atoms with Gasteiger partial charge in [0.1, 0.15) is 17.4 Å². The van der Waals surface area contributed by atoms with Crippen molar-refractivity contribution in [1.29, 1.82) is 0 Å². The normalized spacial score (nSPS) is 15.8. The number of piperazine rings is 1. The van der Waals surface area contributed by atoms with E-state index in [0.29, 0.717) is 16.5 Å². The summed E-state index contributed by atoms with van der Waals surface area (Å²) in [4.78, 5) is 18.2. The van der Waals surface area contributed by atoms with Gasteiger partial charge in [-0.3, -0.25) is 4.68 Å². The monoisotopic (exact) mass is 515 g/mol. The molecule has 1 N–H and O–H groups in total. The second-order valence-electron chi connectivity index (χ2n) is 9.37. The Morgan fingerprint density at radius 1 is 0.838 bits per heavy atom. The first-order valence-corrected chi connectivity index (χ1v) is 12.4. The highest BCUT2D eigenvalue weighted by Gasteiger charge is 2.28. The summed E-state index contributed by atoms with van der Waals surface area (Å²) in [5.41, 5.74) is 3.19. The van der Waals surface area contributed by atoms with Crippen LogP contribution in [0.2, 0.25) is 5.02 Å². The molecule has 6 rings (SSSR count). The average Bonchev–Trinajstić information content (AvgIpc) is 3.55. The fourth-order valence-corrected chi connectivity index (χ4v) is 4.81. The molecule has 11 heteroatoms. The van der Waals surface area contributed by atoms with Crippen molar-refractivity contribution in [3.63, 3.8) is 0 Å². The number of aromatic nitrogens is 7. The summed E-state index contributed by atoms with van der Waals surface area (Å²) in [6, 6.07) is 9.25. The second kappa shape index (κ2) is 9.13. The van der Waals surface area contributed by atoms with Crippen LogP contribution >= 0.6 is 11.6 Å². The largest absolute Gasteiger partial charge is 0.381 e. The molecule has 1 aliphatic heterocycles. The SMILES string of the molecule is Cn1cc(-c2cc3c(N4CCN(c5ncc([C@@](C)(O)c6ccc(Cl)cc6)cn5)CC4)ncnn3c2)cn1. The molecule has 1 atom stereocenters. The molecule has 0 unspecified atom stereocenters. The number of hydrogen-bond acceptors (Lipinski definition) is 8. The van der Waals surface area contributed by atoms with Crippen LogP contribution in [0.5, 0.6) is 0 Å². The van der Waals surface area contributed by atoms with Crippen molar-refractivity contribution in [1.82, 2.24) is 34.3 Å². The first-order valence-electron chi connectivity index (χ1n) is 12.0. The van der Waals surface area contributed by atoms with E-state index in [9.17, 15) is 5.11 Å². The van der Waals surface area contributed by atoms with Gasteiger partial charge in [0.2, 0.25) is 5.95 Å². The quantitative estimate of drug-likeness (QED) is 0.381. The van der Waals surface area contributed by atoms with Crippen molar-refractivity contribution in [3.8, 4) is 11.1 Å². The zero-order valence-corrected chi connectivity index (χ0v) is 21.3. The predicted octanol–water partition coefficient (Wildman–Crippen LogP) is 3.16. The van der Waals surface area contributed by atoms with Crippen LogP contribution in [0.1, 0.15) is 18.1 Å². The zero-order valence-electron chi connectivity index (χ0n) is 20.5. The predicted molar refractivity (Wildman–Crippen MR) is 142 cm³/mol. The van der Waals surface area contributed by atoms with Crippen LogP contribution in [0, 0.1) is 0 Å². The summed E-state index contributed by atoms with van der Waals surface area (Å²) in [6.07, 6.45) is 10.8. The Hall–Kier alpha value is -4.02. The molecule has 5 heterocycles. The van der Waals surface area contributed by atoms with E-state index in [2.05, 4.69) is 41.0 Å². The van der Waals surface area contributed by atoms with Crippen molar-refractivity contribution in [3.05, 3.63) is 83.8 Å². The van der Waals surface area contributed by atoms with Crippen LogP contribution < -0.4 is 9.80 Å². The fraction of sp³-hybridized carbons (Fsp3) is 0.269. The molecule has 0 amide bonds. The Morgan fingerprint density at radius 3 is 2.22 bits per heavy atom. The molecule has 4 aromatic heterocycles. The van der Waals surface area contributed by atoms with Gasteiger partial charge in [0.25, 0.3) is 0 Å². The Balaban J connectivity index is 1.17. The van der Waals surface area contributed by atoms with E-state index < -0.39 is 5.60 Å². The highest BCUT2D eigenvalue weighted by Crippen LogP contribution is 2.30. The van der Waals surface area contributed by atoms with Crippen LogP contribution in [-0.2, 0) is 12.6 Å². The van der Waals surface area contributed by atoms with Gasteiger partial charge in [-0.05, 0) is 30.7 Å². The molecule has 0 spiro atoms. The third-order valence-corrected chi connectivity index (χ3v) is 7.14. The summed E-state index contributed by atoms with van der Waals surface area (Å²) in [5, 5.41) is 20.4. The summed E-state index contributed by atoms with van der Waals surface area (Å²) in [7, 11) is 1.91. The number of anilines is 2. The molecule has 10 nitrogen and oxygen atoms in total. The lowest BCUT2D eigenvalue weighted by Gasteiger charge is -2.35. The highest BCUT2D eigenvalue weighted by molar-refractivity contribution is 6.30. The topological polar surface area (TPSA) is 100 Å². The van der Waals surface area contributed by atoms with E-state index in [4.69, 9.17) is 11.6 Å². The molecule has 1 saturated heterocycles. The molecule has 0 bridgehead atoms. The minimum atomic E-state index is -1.22. The molecule has 1 fully saturated rings. The van der Waals surface area contributed by atoms with Crippen LogP contribution in [0.3, 0.4) is 0 Å². The average molecular weight is 516 g/mol. The lowest BCUT2D eigenvalue weighted by molar-refractivity contribution is 0.101. The number of rotatable bonds is 5. The van der Waals surface area contributed by atoms with E-state index in [1.165, 1.54) is 0 Å². The lowest BCUT2D eigenvalue weighted by atomic mass is 9.90. The number of nitrogens with zero attached hydrogens (tertiary/aromatic N) is 9. The lowest BCUT2D eigenvalue weighted by Crippen LogP contribution is -2.47. The third-order valence-electron chi connectivity index (χ3n) is 6.89. The Morgan fingerprint density at radius 2 is 1.54 bits per heavy atom. The number of fused-ring (bicyclic) bond motifs is 1. The van der Waals surface area contributed by atoms with Gasteiger partial charge in [-0.2, -0.15) is 10.2 Å². The summed E-state index contributed by atoms with van der Waals surface area (Å²) < 4.78 is 3.66. The van der Waals surface area contributed by atoms with E-state index in [1.54, 1.807) is 42.5 Å². The molecule has 1 aliphatic rings. The Bertz CT molecular complexity index is 1530. The maximum absolute atomic E-state index is 11.1. The molecule has 37 heavy (non-hydrogen) atoms. The minimum Gasteiger partial charge on any atom is -0.381 e. The summed E-state index contributed by atoms with van der Waals surface area (Å²) in [5.74, 6) is 1.55. The van der Waals surface area contributed by atoms with Crippen LogP contribution in [0.25, 0.3) is 16.6 Å². The van der Waals surface area contributed by atoms with Crippen molar-refractivity contribution in [2.75, 3.05) is 36.0 Å². The zero-order chi connectivity index (χ0) is 25.6. The molecule has 0 aliphatic carbocycles. The number of benzene rings is 1. The Labute approximate surface area is 218 Å². The molecule has 188 valence electrons. The molecule has 1 aromatic carbocycles. The van der Waals surface area contributed by atoms with E-state index in [0.717, 1.165) is 54.2 Å². The smallest absolute Gasteiger partial charge is 0.225 e. The Kier molecular flexibility index (Phi) is 5.77. The van der Waals surface area contributed by atoms with Gasteiger partial charge in [-0.15, -0.1) is 0 Å². The van der Waals surface area contributed by atoms with Crippen molar-refractivity contribution < 1.29 is 5.11 Å². The first-order chi connectivity index (χ1) is 17.9. The number of aryl methyl sites for hydroxylation is 1. The minimum absolute atomic E-state index is 0.623. The maximum Gasteiger partial charge on any atom is 0.225 e. The van der Waals surface area contributed by atoms with Gasteiger partial charge in [0.05, 0.1) is 6.20 Å². The van der Waals surface area contributed by atoms with E-state index in [1.807, 2.05) is 42.3 Å². The third kappa shape index (κ3) is 4.38. The summed E-state index contributed by atoms with van der Waals surface area (Å²) >= 11 is 5.99. The molecule has 0 saturated carbocycles. The maximum atomic E-state index is 11.1. The number of aliphatic hydroxyl groups is 1. The van der Waals surface area contributed by atoms with E-state index in [-0.39, 0.29) is 0 Å². The van der Waals surface area contributed by atoms with Crippen LogP contribution in [0.4, 0.5) is 11.8 Å². The second-order valence-corrected chi connectivity index (χ2v) is 9.81. The highest BCUT2D eigenvalue weighted by atomic mass is 35.5. The molecule has 0 radical (unpaired) electrons. The van der Waals surface area contributed by atoms with Gasteiger partial charge in [-0.1, -0.05) is 23.7 Å². The molecular weight excluding hydrogens is 490 g/mol. The van der Waals surface area contributed by atoms with E-state index >= 15 is 0 Å². The molecular formula is C26H26ClN9O. The van der Waals surface area contributed by atoms with Crippen LogP contribution in [-0.4, -0.2) is 65.6 Å². The van der Waals surface area contributed by atoms with Gasteiger partial charge in [0, 0.05) is 79.7 Å². The first kappa shape index (κ1) is 23.4. The number of hydrogen-bond donors (Lipinski definition) is 1. The molecule has 5 aromatic rings. The summed E-state index contributed by atoms with van der Waals surface area (Å²) in [6.45, 7) is 4.77. The van der Waals surface area contributed by atoms with Gasteiger partial charge < -0.3 is 14.9 Å². The fourth-order valence-electron chi connectivity index (χ4n) is 4.68. The number of halogens is 1. The standard InChI is InChI=1S/C26H26ClN9O/c1-26(37,20-3-5-22(27)6-4-20)21-13-28-25(29-14-21)35-9-7-34(8-10-35)24-23-11-18(16-36(23)32-17-30-24)19-12-31-33(2)15-19/h3-6,11-17,37H,7-10H2,1-2H3/t26-/m0/s1.